The molecule has 0 amide bonds. The van der Waals surface area contributed by atoms with Crippen molar-refractivity contribution in [2.45, 2.75) is 51.0 Å². The molecule has 2 N–H and O–H groups in total. The lowest BCUT2D eigenvalue weighted by Gasteiger charge is -2.21. The molecule has 1 saturated carbocycles. The smallest absolute Gasteiger partial charge is 0.231 e. The Kier molecular flexibility index (Phi) is 5.38. The van der Waals surface area contributed by atoms with Gasteiger partial charge in [0, 0.05) is 27.2 Å². The number of hydrogen-bond donors (Lipinski definition) is 2. The average Bonchev–Trinajstić information content (AvgIpc) is 2.41. The Hall–Kier alpha value is -1.59. The van der Waals surface area contributed by atoms with Gasteiger partial charge in [-0.05, 0) is 12.8 Å². The van der Waals surface area contributed by atoms with Gasteiger partial charge in [0.1, 0.15) is 0 Å². The van der Waals surface area contributed by atoms with Crippen LogP contribution in [0, 0.1) is 0 Å². The summed E-state index contributed by atoms with van der Waals surface area (Å²) in [6.45, 7) is 0. The average molecular weight is 278 g/mol. The topological polar surface area (TPSA) is 66.0 Å². The van der Waals surface area contributed by atoms with Crippen LogP contribution in [0.3, 0.4) is 0 Å². The van der Waals surface area contributed by atoms with Crippen LogP contribution in [0.2, 0.25) is 0 Å². The highest BCUT2D eigenvalue weighted by Crippen LogP contribution is 2.20. The van der Waals surface area contributed by atoms with E-state index in [1.165, 1.54) is 44.9 Å². The van der Waals surface area contributed by atoms with Gasteiger partial charge in [0.2, 0.25) is 17.8 Å². The molecule has 0 radical (unpaired) electrons. The van der Waals surface area contributed by atoms with Gasteiger partial charge in [0.25, 0.3) is 0 Å². The van der Waals surface area contributed by atoms with E-state index < -0.39 is 0 Å². The van der Waals surface area contributed by atoms with Crippen LogP contribution in [0.4, 0.5) is 17.8 Å². The van der Waals surface area contributed by atoms with E-state index in [1.807, 2.05) is 26.0 Å². The second kappa shape index (κ2) is 7.26. The summed E-state index contributed by atoms with van der Waals surface area (Å²) in [7, 11) is 5.71. The number of anilines is 3. The highest BCUT2D eigenvalue weighted by Gasteiger charge is 2.14. The van der Waals surface area contributed by atoms with E-state index in [0.717, 1.165) is 0 Å². The third-order valence-electron chi connectivity index (χ3n) is 3.69. The van der Waals surface area contributed by atoms with E-state index in [9.17, 15) is 0 Å². The molecule has 0 unspecified atom stereocenters. The minimum Gasteiger partial charge on any atom is -0.357 e. The zero-order valence-electron chi connectivity index (χ0n) is 12.8. The maximum Gasteiger partial charge on any atom is 0.231 e. The largest absolute Gasteiger partial charge is 0.357 e. The monoisotopic (exact) mass is 278 g/mol. The Labute approximate surface area is 121 Å². The van der Waals surface area contributed by atoms with Crippen molar-refractivity contribution in [3.05, 3.63) is 0 Å². The summed E-state index contributed by atoms with van der Waals surface area (Å²) in [4.78, 5) is 15.1. The maximum atomic E-state index is 4.48. The lowest BCUT2D eigenvalue weighted by atomic mass is 9.97. The molecule has 2 rings (SSSR count). The highest BCUT2D eigenvalue weighted by molar-refractivity contribution is 5.43. The van der Waals surface area contributed by atoms with Crippen molar-refractivity contribution in [1.82, 2.24) is 15.0 Å². The molecule has 1 aliphatic carbocycles. The summed E-state index contributed by atoms with van der Waals surface area (Å²) in [5.74, 6) is 1.97. The van der Waals surface area contributed by atoms with Crippen LogP contribution in [0.15, 0.2) is 0 Å². The Morgan fingerprint density at radius 2 is 1.50 bits per heavy atom. The summed E-state index contributed by atoms with van der Waals surface area (Å²) < 4.78 is 0. The number of nitrogens with zero attached hydrogens (tertiary/aromatic N) is 4. The Bertz CT molecular complexity index is 412. The molecule has 1 aromatic rings. The van der Waals surface area contributed by atoms with Gasteiger partial charge in [-0.2, -0.15) is 15.0 Å². The number of nitrogens with one attached hydrogen (secondary N) is 2. The lowest BCUT2D eigenvalue weighted by molar-refractivity contribution is 0.470. The first-order valence-electron chi connectivity index (χ1n) is 7.56. The SMILES string of the molecule is CNc1nc(NC2CCCCCCC2)nc(N(C)C)n1. The second-order valence-electron chi connectivity index (χ2n) is 5.61. The molecule has 20 heavy (non-hydrogen) atoms. The molecule has 0 bridgehead atoms. The molecule has 112 valence electrons. The normalized spacial score (nSPS) is 17.1. The molecule has 1 aliphatic rings. The third-order valence-corrected chi connectivity index (χ3v) is 3.69. The standard InChI is InChI=1S/C14H26N6/c1-15-12-17-13(19-14(18-12)20(2)3)16-11-9-7-5-4-6-8-10-11/h11H,4-10H2,1-3H3,(H2,15,16,17,18,19). The zero-order valence-corrected chi connectivity index (χ0v) is 12.8. The first kappa shape index (κ1) is 14.8. The second-order valence-corrected chi connectivity index (χ2v) is 5.61. The number of hydrogen-bond acceptors (Lipinski definition) is 6. The van der Waals surface area contributed by atoms with E-state index in [2.05, 4.69) is 25.6 Å². The number of aromatic nitrogens is 3. The van der Waals surface area contributed by atoms with Crippen LogP contribution in [0.5, 0.6) is 0 Å². The van der Waals surface area contributed by atoms with Crippen LogP contribution < -0.4 is 15.5 Å². The summed E-state index contributed by atoms with van der Waals surface area (Å²) in [5.41, 5.74) is 0. The lowest BCUT2D eigenvalue weighted by Crippen LogP contribution is -2.23. The van der Waals surface area contributed by atoms with Crippen molar-refractivity contribution in [2.24, 2.45) is 0 Å². The van der Waals surface area contributed by atoms with Crippen LogP contribution in [0.1, 0.15) is 44.9 Å². The first-order valence-corrected chi connectivity index (χ1v) is 7.56. The maximum absolute atomic E-state index is 4.48. The minimum atomic E-state index is 0.484. The molecule has 0 spiro atoms. The molecule has 1 heterocycles. The molecule has 0 aliphatic heterocycles. The van der Waals surface area contributed by atoms with E-state index in [1.54, 1.807) is 0 Å². The van der Waals surface area contributed by atoms with E-state index in [4.69, 9.17) is 0 Å². The Morgan fingerprint density at radius 1 is 0.900 bits per heavy atom. The van der Waals surface area contributed by atoms with Crippen LogP contribution in [-0.4, -0.2) is 42.1 Å². The molecule has 1 fully saturated rings. The van der Waals surface area contributed by atoms with Gasteiger partial charge in [-0.1, -0.05) is 32.1 Å². The van der Waals surface area contributed by atoms with Crippen molar-refractivity contribution in [1.29, 1.82) is 0 Å². The molecule has 1 aromatic heterocycles. The van der Waals surface area contributed by atoms with Gasteiger partial charge in [-0.15, -0.1) is 0 Å². The predicted octanol–water partition coefficient (Wildman–Crippen LogP) is 2.50. The van der Waals surface area contributed by atoms with E-state index >= 15 is 0 Å². The molecule has 0 aromatic carbocycles. The summed E-state index contributed by atoms with van der Waals surface area (Å²) in [5, 5.41) is 6.48. The van der Waals surface area contributed by atoms with E-state index in [-0.39, 0.29) is 0 Å². The fourth-order valence-electron chi connectivity index (χ4n) is 2.52. The highest BCUT2D eigenvalue weighted by atomic mass is 15.3. The molecule has 0 saturated heterocycles. The fourth-order valence-corrected chi connectivity index (χ4v) is 2.52. The predicted molar refractivity (Wildman–Crippen MR) is 83.4 cm³/mol. The zero-order chi connectivity index (χ0) is 14.4. The summed E-state index contributed by atoms with van der Waals surface area (Å²) in [6, 6.07) is 0.484. The van der Waals surface area contributed by atoms with Crippen LogP contribution in [-0.2, 0) is 0 Å². The third kappa shape index (κ3) is 4.21. The Balaban J connectivity index is 2.08. The van der Waals surface area contributed by atoms with Gasteiger partial charge in [-0.3, -0.25) is 0 Å². The molecular weight excluding hydrogens is 252 g/mol. The van der Waals surface area contributed by atoms with Crippen molar-refractivity contribution in [2.75, 3.05) is 36.7 Å². The van der Waals surface area contributed by atoms with Crippen molar-refractivity contribution < 1.29 is 0 Å². The molecule has 6 nitrogen and oxygen atoms in total. The van der Waals surface area contributed by atoms with Gasteiger partial charge >= 0.3 is 0 Å². The van der Waals surface area contributed by atoms with Crippen molar-refractivity contribution in [3.8, 4) is 0 Å². The quantitative estimate of drug-likeness (QED) is 0.882. The summed E-state index contributed by atoms with van der Waals surface area (Å²) in [6.07, 6.45) is 9.08. The van der Waals surface area contributed by atoms with Crippen molar-refractivity contribution in [3.63, 3.8) is 0 Å². The van der Waals surface area contributed by atoms with Crippen LogP contribution >= 0.6 is 0 Å². The minimum absolute atomic E-state index is 0.484. The molecule has 6 heteroatoms. The molecule has 0 atom stereocenters. The summed E-state index contributed by atoms with van der Waals surface area (Å²) >= 11 is 0. The van der Waals surface area contributed by atoms with Gasteiger partial charge in [0.15, 0.2) is 0 Å². The van der Waals surface area contributed by atoms with Gasteiger partial charge in [-0.25, -0.2) is 0 Å². The Morgan fingerprint density at radius 3 is 2.10 bits per heavy atom. The van der Waals surface area contributed by atoms with E-state index in [0.29, 0.717) is 23.9 Å². The van der Waals surface area contributed by atoms with Crippen LogP contribution in [0.25, 0.3) is 0 Å². The molecular formula is C14H26N6. The fraction of sp³-hybridized carbons (Fsp3) is 0.786. The van der Waals surface area contributed by atoms with Gasteiger partial charge in [0.05, 0.1) is 0 Å². The first-order chi connectivity index (χ1) is 9.69. The number of rotatable bonds is 4. The van der Waals surface area contributed by atoms with Crippen molar-refractivity contribution >= 4 is 17.8 Å². The van der Waals surface area contributed by atoms with Gasteiger partial charge < -0.3 is 15.5 Å².